The summed E-state index contributed by atoms with van der Waals surface area (Å²) in [6.45, 7) is 4.32. The Bertz CT molecular complexity index is 1770. The summed E-state index contributed by atoms with van der Waals surface area (Å²) in [5.74, 6) is 5.50. The van der Waals surface area contributed by atoms with Crippen LogP contribution in [0.5, 0.6) is 46.0 Å². The van der Waals surface area contributed by atoms with Gasteiger partial charge < -0.3 is 28.4 Å². The van der Waals surface area contributed by atoms with E-state index in [1.807, 2.05) is 13.0 Å². The van der Waals surface area contributed by atoms with E-state index in [-0.39, 0.29) is 12.1 Å². The second-order valence-corrected chi connectivity index (χ2v) is 12.7. The molecular weight excluding hydrogens is 592 g/mol. The van der Waals surface area contributed by atoms with Crippen molar-refractivity contribution in [1.29, 1.82) is 0 Å². The van der Waals surface area contributed by atoms with Crippen LogP contribution in [0.1, 0.15) is 52.4 Å². The van der Waals surface area contributed by atoms with Crippen LogP contribution in [0.2, 0.25) is 0 Å². The fraction of sp³-hybridized carbons (Fsp3) is 0.385. The molecular formula is C39H44N2O6. The quantitative estimate of drug-likeness (QED) is 0.223. The molecule has 6 bridgehead atoms. The maximum Gasteiger partial charge on any atom is 0.204 e. The first-order valence-electron chi connectivity index (χ1n) is 16.5. The Morgan fingerprint density at radius 3 is 2.04 bits per heavy atom. The molecule has 0 fully saturated rings. The van der Waals surface area contributed by atoms with E-state index in [0.29, 0.717) is 46.9 Å². The zero-order valence-corrected chi connectivity index (χ0v) is 28.2. The van der Waals surface area contributed by atoms with Gasteiger partial charge in [-0.25, -0.2) is 0 Å². The summed E-state index contributed by atoms with van der Waals surface area (Å²) in [5.41, 5.74) is 7.18. The van der Waals surface area contributed by atoms with E-state index in [1.54, 1.807) is 21.3 Å². The molecule has 2 unspecified atom stereocenters. The number of methoxy groups -OCH3 is 3. The minimum Gasteiger partial charge on any atom is -0.493 e. The van der Waals surface area contributed by atoms with Crippen molar-refractivity contribution in [3.63, 3.8) is 0 Å². The Balaban J connectivity index is 1.47. The van der Waals surface area contributed by atoms with Crippen molar-refractivity contribution in [2.45, 2.75) is 44.7 Å². The molecule has 4 aromatic rings. The summed E-state index contributed by atoms with van der Waals surface area (Å²) in [6.07, 6.45) is 3.38. The third-order valence-corrected chi connectivity index (χ3v) is 9.93. The Hall–Kier alpha value is -4.40. The number of rotatable bonds is 5. The molecule has 47 heavy (non-hydrogen) atoms. The topological polar surface area (TPSA) is 61.9 Å². The van der Waals surface area contributed by atoms with Gasteiger partial charge in [0.2, 0.25) is 5.75 Å². The van der Waals surface area contributed by atoms with E-state index < -0.39 is 0 Å². The number of hydrogen-bond donors (Lipinski definition) is 0. The first-order chi connectivity index (χ1) is 22.9. The van der Waals surface area contributed by atoms with Crippen LogP contribution in [0.25, 0.3) is 0 Å². The van der Waals surface area contributed by atoms with Crippen molar-refractivity contribution >= 4 is 0 Å². The van der Waals surface area contributed by atoms with Gasteiger partial charge in [0.1, 0.15) is 5.75 Å². The molecule has 4 aliphatic rings. The largest absolute Gasteiger partial charge is 0.493 e. The van der Waals surface area contributed by atoms with Crippen LogP contribution >= 0.6 is 0 Å². The number of likely N-dealkylation sites (N-methyl/N-ethyl adjacent to an activating group) is 2. The van der Waals surface area contributed by atoms with Crippen LogP contribution in [0, 0.1) is 0 Å². The molecule has 0 aromatic heterocycles. The lowest BCUT2D eigenvalue weighted by Gasteiger charge is -2.37. The highest BCUT2D eigenvalue weighted by atomic mass is 16.6. The minimum absolute atomic E-state index is 0.000721. The summed E-state index contributed by atoms with van der Waals surface area (Å²) in [7, 11) is 9.46. The van der Waals surface area contributed by atoms with Gasteiger partial charge in [0.05, 0.1) is 27.9 Å². The van der Waals surface area contributed by atoms with Gasteiger partial charge in [0.15, 0.2) is 34.5 Å². The second kappa shape index (κ2) is 13.0. The van der Waals surface area contributed by atoms with Crippen molar-refractivity contribution in [1.82, 2.24) is 9.80 Å². The Labute approximate surface area is 277 Å². The van der Waals surface area contributed by atoms with E-state index in [0.717, 1.165) is 55.6 Å². The Morgan fingerprint density at radius 1 is 0.681 bits per heavy atom. The lowest BCUT2D eigenvalue weighted by Crippen LogP contribution is -2.34. The summed E-state index contributed by atoms with van der Waals surface area (Å²) in [4.78, 5) is 4.83. The predicted octanol–water partition coefficient (Wildman–Crippen LogP) is 7.55. The van der Waals surface area contributed by atoms with Crippen molar-refractivity contribution in [3.05, 3.63) is 94.0 Å². The normalized spacial score (nSPS) is 19.0. The molecule has 0 radical (unpaired) electrons. The molecule has 8 nitrogen and oxygen atoms in total. The highest BCUT2D eigenvalue weighted by Crippen LogP contribution is 2.52. The minimum atomic E-state index is 0.000721. The molecule has 4 aliphatic heterocycles. The predicted molar refractivity (Wildman–Crippen MR) is 182 cm³/mol. The van der Waals surface area contributed by atoms with E-state index in [4.69, 9.17) is 28.4 Å². The molecule has 8 heteroatoms. The van der Waals surface area contributed by atoms with Crippen LogP contribution in [0.3, 0.4) is 0 Å². The van der Waals surface area contributed by atoms with Gasteiger partial charge in [0, 0.05) is 30.7 Å². The Morgan fingerprint density at radius 2 is 1.32 bits per heavy atom. The molecule has 0 saturated carbocycles. The number of nitrogens with zero attached hydrogens (tertiary/aromatic N) is 2. The van der Waals surface area contributed by atoms with Crippen molar-refractivity contribution in [2.75, 3.05) is 55.1 Å². The molecule has 0 N–H and O–H groups in total. The SMILES string of the molecule is CCOc1c(OC)cc2c3c1Oc1cc4c(cc1OC)CCN(C)C4Cc1ccc(cc1)Oc1cc(ccc1OC)CC3N(C)CC2. The highest BCUT2D eigenvalue weighted by Gasteiger charge is 2.35. The summed E-state index contributed by atoms with van der Waals surface area (Å²) >= 11 is 0. The molecule has 2 atom stereocenters. The first-order valence-corrected chi connectivity index (χ1v) is 16.5. The van der Waals surface area contributed by atoms with Crippen LogP contribution in [0.15, 0.2) is 60.7 Å². The van der Waals surface area contributed by atoms with Crippen molar-refractivity contribution in [2.24, 2.45) is 0 Å². The molecule has 4 heterocycles. The van der Waals surface area contributed by atoms with Gasteiger partial charge in [-0.2, -0.15) is 0 Å². The zero-order valence-electron chi connectivity index (χ0n) is 28.2. The lowest BCUT2D eigenvalue weighted by atomic mass is 9.87. The van der Waals surface area contributed by atoms with E-state index in [1.165, 1.54) is 22.3 Å². The molecule has 246 valence electrons. The summed E-state index contributed by atoms with van der Waals surface area (Å²) in [5, 5.41) is 0. The van der Waals surface area contributed by atoms with Crippen molar-refractivity contribution in [3.8, 4) is 46.0 Å². The molecule has 0 aliphatic carbocycles. The van der Waals surface area contributed by atoms with Gasteiger partial charge in [-0.3, -0.25) is 9.80 Å². The smallest absolute Gasteiger partial charge is 0.204 e. The number of ether oxygens (including phenoxy) is 6. The van der Waals surface area contributed by atoms with E-state index >= 15 is 0 Å². The molecule has 4 aromatic carbocycles. The van der Waals surface area contributed by atoms with E-state index in [9.17, 15) is 0 Å². The molecule has 0 spiro atoms. The van der Waals surface area contributed by atoms with Gasteiger partial charge in [-0.1, -0.05) is 18.2 Å². The monoisotopic (exact) mass is 636 g/mol. The number of fused-ring (bicyclic) bond motifs is 2. The molecule has 0 saturated heterocycles. The average molecular weight is 637 g/mol. The number of hydrogen-bond acceptors (Lipinski definition) is 8. The lowest BCUT2D eigenvalue weighted by molar-refractivity contribution is 0.218. The molecule has 8 rings (SSSR count). The summed E-state index contributed by atoms with van der Waals surface area (Å²) in [6, 6.07) is 21.3. The van der Waals surface area contributed by atoms with Gasteiger partial charge in [-0.15, -0.1) is 0 Å². The third-order valence-electron chi connectivity index (χ3n) is 9.93. The average Bonchev–Trinajstić information content (AvgIpc) is 3.08. The van der Waals surface area contributed by atoms with Crippen LogP contribution in [0.4, 0.5) is 0 Å². The second-order valence-electron chi connectivity index (χ2n) is 12.7. The first kappa shape index (κ1) is 31.2. The van der Waals surface area contributed by atoms with E-state index in [2.05, 4.69) is 78.5 Å². The maximum absolute atomic E-state index is 7.09. The van der Waals surface area contributed by atoms with Crippen molar-refractivity contribution < 1.29 is 28.4 Å². The standard InChI is InChI=1S/C39H44N2O6/c1-7-45-38-36(44-6)22-27-15-17-41(3)31-19-25-10-13-32(42-4)34(20-25)46-28-11-8-24(9-12-28)18-30-29-23-35(47-39(38)37(27)31)33(43-5)21-26(29)14-16-40(30)2/h8-13,20-23,30-31H,7,14-19H2,1-6H3. The third kappa shape index (κ3) is 5.85. The number of benzene rings is 4. The van der Waals surface area contributed by atoms with Crippen LogP contribution in [-0.4, -0.2) is 64.9 Å². The zero-order chi connectivity index (χ0) is 32.7. The fourth-order valence-corrected chi connectivity index (χ4v) is 7.36. The summed E-state index contributed by atoms with van der Waals surface area (Å²) < 4.78 is 37.6. The van der Waals surface area contributed by atoms with Crippen LogP contribution < -0.4 is 28.4 Å². The fourth-order valence-electron chi connectivity index (χ4n) is 7.36. The highest BCUT2D eigenvalue weighted by molar-refractivity contribution is 5.64. The maximum atomic E-state index is 7.09. The Kier molecular flexibility index (Phi) is 8.64. The van der Waals surface area contributed by atoms with Gasteiger partial charge in [-0.05, 0) is 117 Å². The van der Waals surface area contributed by atoms with Gasteiger partial charge >= 0.3 is 0 Å². The van der Waals surface area contributed by atoms with Gasteiger partial charge in [0.25, 0.3) is 0 Å². The molecule has 0 amide bonds. The van der Waals surface area contributed by atoms with Crippen LogP contribution in [-0.2, 0) is 25.7 Å².